The third-order valence-corrected chi connectivity index (χ3v) is 10.4. The molecule has 0 aromatic rings. The maximum absolute atomic E-state index is 13.4. The van der Waals surface area contributed by atoms with Crippen LogP contribution in [-0.4, -0.2) is 36.7 Å². The van der Waals surface area contributed by atoms with E-state index in [1.165, 1.54) is 45.4 Å². The standard InChI is InChI=1S/C28H40O7/c1-16(33-26(31)28-12-21-6-22(13-28)8-23(7-21)14-28)24(35-34-17(2)29)15-32-25(30)27-9-18-3-19(10-27)5-20(4-18)11-27/h16,18-24H,3-15H2,1-2H3. The van der Waals surface area contributed by atoms with E-state index in [0.717, 1.165) is 38.5 Å². The molecular weight excluding hydrogens is 448 g/mol. The van der Waals surface area contributed by atoms with E-state index in [0.29, 0.717) is 35.5 Å². The summed E-state index contributed by atoms with van der Waals surface area (Å²) in [5.74, 6) is 2.92. The first-order valence-electron chi connectivity index (χ1n) is 13.9. The molecule has 0 radical (unpaired) electrons. The van der Waals surface area contributed by atoms with E-state index in [1.807, 2.05) is 0 Å². The number of hydrogen-bond donors (Lipinski definition) is 0. The Kier molecular flexibility index (Phi) is 5.93. The summed E-state index contributed by atoms with van der Waals surface area (Å²) in [5, 5.41) is 0. The lowest BCUT2D eigenvalue weighted by atomic mass is 9.49. The van der Waals surface area contributed by atoms with Crippen LogP contribution in [0.15, 0.2) is 0 Å². The van der Waals surface area contributed by atoms with Gasteiger partial charge in [0.25, 0.3) is 0 Å². The average Bonchev–Trinajstić information content (AvgIpc) is 2.76. The van der Waals surface area contributed by atoms with E-state index >= 15 is 0 Å². The number of hydrogen-bond acceptors (Lipinski definition) is 7. The Bertz CT molecular complexity index is 808. The topological polar surface area (TPSA) is 88.1 Å². The Hall–Kier alpha value is -1.63. The molecule has 2 atom stereocenters. The summed E-state index contributed by atoms with van der Waals surface area (Å²) in [6, 6.07) is 0. The third kappa shape index (κ3) is 4.40. The van der Waals surface area contributed by atoms with Crippen molar-refractivity contribution in [2.45, 2.75) is 103 Å². The van der Waals surface area contributed by atoms with Crippen molar-refractivity contribution >= 4 is 17.9 Å². The van der Waals surface area contributed by atoms with Crippen molar-refractivity contribution in [3.8, 4) is 0 Å². The largest absolute Gasteiger partial charge is 0.462 e. The van der Waals surface area contributed by atoms with Gasteiger partial charge in [-0.05, 0) is 119 Å². The minimum atomic E-state index is -0.852. The van der Waals surface area contributed by atoms with Crippen molar-refractivity contribution in [2.24, 2.45) is 46.3 Å². The van der Waals surface area contributed by atoms with E-state index in [2.05, 4.69) is 0 Å². The van der Waals surface area contributed by atoms with Gasteiger partial charge in [0.05, 0.1) is 10.8 Å². The summed E-state index contributed by atoms with van der Waals surface area (Å²) < 4.78 is 11.8. The van der Waals surface area contributed by atoms with Crippen LogP contribution in [0.3, 0.4) is 0 Å². The van der Waals surface area contributed by atoms with Crippen LogP contribution < -0.4 is 0 Å². The molecule has 2 unspecified atom stereocenters. The smallest absolute Gasteiger partial charge is 0.339 e. The Morgan fingerprint density at radius 3 is 1.51 bits per heavy atom. The van der Waals surface area contributed by atoms with Gasteiger partial charge in [0.15, 0.2) is 6.10 Å². The van der Waals surface area contributed by atoms with Crippen molar-refractivity contribution in [3.63, 3.8) is 0 Å². The first-order chi connectivity index (χ1) is 16.7. The summed E-state index contributed by atoms with van der Waals surface area (Å²) in [5.41, 5.74) is -0.759. The number of rotatable bonds is 8. The van der Waals surface area contributed by atoms with Gasteiger partial charge in [0, 0.05) is 6.92 Å². The number of carbonyl (C=O) groups is 3. The molecule has 0 heterocycles. The fraction of sp³-hybridized carbons (Fsp3) is 0.893. The highest BCUT2D eigenvalue weighted by molar-refractivity contribution is 5.78. The Labute approximate surface area is 207 Å². The molecule has 0 aliphatic heterocycles. The van der Waals surface area contributed by atoms with Gasteiger partial charge in [-0.15, -0.1) is 0 Å². The lowest BCUT2D eigenvalue weighted by molar-refractivity contribution is -0.316. The maximum atomic E-state index is 13.4. The average molecular weight is 489 g/mol. The van der Waals surface area contributed by atoms with Gasteiger partial charge >= 0.3 is 17.9 Å². The minimum absolute atomic E-state index is 0.0941. The molecule has 0 spiro atoms. The van der Waals surface area contributed by atoms with Crippen LogP contribution in [0.4, 0.5) is 0 Å². The highest BCUT2D eigenvalue weighted by Gasteiger charge is 2.57. The lowest BCUT2D eigenvalue weighted by Gasteiger charge is -2.55. The molecule has 35 heavy (non-hydrogen) atoms. The molecule has 7 nitrogen and oxygen atoms in total. The van der Waals surface area contributed by atoms with E-state index < -0.39 is 18.2 Å². The first-order valence-corrected chi connectivity index (χ1v) is 13.9. The van der Waals surface area contributed by atoms with Crippen LogP contribution in [-0.2, 0) is 33.6 Å². The molecule has 8 aliphatic rings. The van der Waals surface area contributed by atoms with Crippen molar-refractivity contribution in [2.75, 3.05) is 6.61 Å². The molecule has 0 aromatic heterocycles. The van der Waals surface area contributed by atoms with Crippen LogP contribution in [0.2, 0.25) is 0 Å². The van der Waals surface area contributed by atoms with E-state index in [9.17, 15) is 14.4 Å². The molecule has 8 fully saturated rings. The molecule has 0 amide bonds. The lowest BCUT2D eigenvalue weighted by Crippen LogP contribution is -2.52. The van der Waals surface area contributed by atoms with Gasteiger partial charge in [-0.2, -0.15) is 4.89 Å². The van der Waals surface area contributed by atoms with Gasteiger partial charge < -0.3 is 9.47 Å². The number of esters is 2. The summed E-state index contributed by atoms with van der Waals surface area (Å²) in [7, 11) is 0. The summed E-state index contributed by atoms with van der Waals surface area (Å²) in [6.07, 6.45) is 11.5. The SMILES string of the molecule is CC(=O)OOC(COC(=O)C12CC3CC(CC(C3)C1)C2)C(C)OC(=O)C12CC3CC(CC(C3)C1)C2. The maximum Gasteiger partial charge on any atom is 0.339 e. The predicted molar refractivity (Wildman–Crippen MR) is 124 cm³/mol. The van der Waals surface area contributed by atoms with Crippen LogP contribution in [0.25, 0.3) is 0 Å². The zero-order valence-corrected chi connectivity index (χ0v) is 21.2. The van der Waals surface area contributed by atoms with Crippen LogP contribution in [0.1, 0.15) is 90.9 Å². The van der Waals surface area contributed by atoms with Crippen molar-refractivity contribution in [3.05, 3.63) is 0 Å². The quantitative estimate of drug-likeness (QED) is 0.277. The van der Waals surface area contributed by atoms with Crippen molar-refractivity contribution in [1.82, 2.24) is 0 Å². The normalized spacial score (nSPS) is 44.1. The van der Waals surface area contributed by atoms with Gasteiger partial charge in [0.1, 0.15) is 12.7 Å². The van der Waals surface area contributed by atoms with E-state index in [4.69, 9.17) is 19.2 Å². The summed E-state index contributed by atoms with van der Waals surface area (Å²) in [6.45, 7) is 2.90. The minimum Gasteiger partial charge on any atom is -0.462 e. The molecule has 8 saturated carbocycles. The highest BCUT2D eigenvalue weighted by atomic mass is 17.2. The molecule has 8 rings (SSSR count). The zero-order chi connectivity index (χ0) is 24.4. The summed E-state index contributed by atoms with van der Waals surface area (Å²) >= 11 is 0. The second kappa shape index (κ2) is 8.74. The third-order valence-electron chi connectivity index (χ3n) is 10.4. The first kappa shape index (κ1) is 23.7. The fourth-order valence-corrected chi connectivity index (χ4v) is 9.77. The molecule has 0 saturated heterocycles. The number of carbonyl (C=O) groups excluding carboxylic acids is 3. The van der Waals surface area contributed by atoms with Gasteiger partial charge in [-0.1, -0.05) is 0 Å². The molecule has 0 N–H and O–H groups in total. The Balaban J connectivity index is 1.09. The molecule has 7 heteroatoms. The predicted octanol–water partition coefficient (Wildman–Crippen LogP) is 4.76. The second-order valence-corrected chi connectivity index (χ2v) is 13.3. The second-order valence-electron chi connectivity index (χ2n) is 13.3. The molecule has 8 bridgehead atoms. The van der Waals surface area contributed by atoms with Gasteiger partial charge in [0.2, 0.25) is 0 Å². The van der Waals surface area contributed by atoms with Gasteiger partial charge in [-0.3, -0.25) is 14.5 Å². The van der Waals surface area contributed by atoms with Crippen molar-refractivity contribution in [1.29, 1.82) is 0 Å². The van der Waals surface area contributed by atoms with Crippen LogP contribution in [0.5, 0.6) is 0 Å². The zero-order valence-electron chi connectivity index (χ0n) is 21.2. The van der Waals surface area contributed by atoms with E-state index in [-0.39, 0.29) is 29.4 Å². The summed E-state index contributed by atoms with van der Waals surface area (Å²) in [4.78, 5) is 48.3. The molecule has 8 aliphatic carbocycles. The van der Waals surface area contributed by atoms with Gasteiger partial charge in [-0.25, -0.2) is 4.79 Å². The highest BCUT2D eigenvalue weighted by Crippen LogP contribution is 2.61. The van der Waals surface area contributed by atoms with Crippen LogP contribution >= 0.6 is 0 Å². The molecular formula is C28H40O7. The number of ether oxygens (including phenoxy) is 2. The Morgan fingerprint density at radius 2 is 1.11 bits per heavy atom. The van der Waals surface area contributed by atoms with E-state index in [1.54, 1.807) is 6.92 Å². The van der Waals surface area contributed by atoms with Crippen molar-refractivity contribution < 1.29 is 33.6 Å². The molecule has 194 valence electrons. The van der Waals surface area contributed by atoms with Crippen LogP contribution in [0, 0.1) is 46.3 Å². The monoisotopic (exact) mass is 488 g/mol. The molecule has 0 aromatic carbocycles. The fourth-order valence-electron chi connectivity index (χ4n) is 9.77. The Morgan fingerprint density at radius 1 is 0.714 bits per heavy atom.